The predicted octanol–water partition coefficient (Wildman–Crippen LogP) is 4.68. The molecule has 0 N–H and O–H groups in total. The molecule has 0 aliphatic carbocycles. The molecule has 2 aromatic carbocycles. The lowest BCUT2D eigenvalue weighted by molar-refractivity contribution is 0.0989. The lowest BCUT2D eigenvalue weighted by atomic mass is 10.1. The van der Waals surface area contributed by atoms with Crippen LogP contribution >= 0.6 is 27.5 Å². The highest BCUT2D eigenvalue weighted by Gasteiger charge is 2.30. The van der Waals surface area contributed by atoms with Crippen LogP contribution in [0.5, 0.6) is 0 Å². The van der Waals surface area contributed by atoms with Crippen molar-refractivity contribution in [1.29, 1.82) is 0 Å². The standard InChI is InChI=1S/C17H14BrClF2N2O/c1-22(17(24)16-12(19)3-2-4-13(16)21)14-6-5-10(18)7-15(14)23-8-11(20)9-23/h2-7,11H,8-9H2,1H3. The molecular formula is C17H14BrClF2N2O. The summed E-state index contributed by atoms with van der Waals surface area (Å²) in [6.07, 6.45) is -0.876. The zero-order valence-electron chi connectivity index (χ0n) is 12.8. The Balaban J connectivity index is 1.98. The summed E-state index contributed by atoms with van der Waals surface area (Å²) >= 11 is 9.37. The Morgan fingerprint density at radius 2 is 2.04 bits per heavy atom. The van der Waals surface area contributed by atoms with Gasteiger partial charge >= 0.3 is 0 Å². The van der Waals surface area contributed by atoms with Gasteiger partial charge in [-0.15, -0.1) is 0 Å². The predicted molar refractivity (Wildman–Crippen MR) is 95.4 cm³/mol. The molecular weight excluding hydrogens is 402 g/mol. The average molecular weight is 416 g/mol. The van der Waals surface area contributed by atoms with Crippen molar-refractivity contribution in [2.45, 2.75) is 6.17 Å². The summed E-state index contributed by atoms with van der Waals surface area (Å²) in [7, 11) is 1.55. The van der Waals surface area contributed by atoms with E-state index in [0.717, 1.165) is 4.47 Å². The van der Waals surface area contributed by atoms with Crippen LogP contribution in [-0.4, -0.2) is 32.2 Å². The van der Waals surface area contributed by atoms with Crippen molar-refractivity contribution >= 4 is 44.8 Å². The van der Waals surface area contributed by atoms with Crippen LogP contribution in [0.4, 0.5) is 20.2 Å². The molecule has 1 heterocycles. The Morgan fingerprint density at radius 3 is 2.67 bits per heavy atom. The molecule has 1 aliphatic heterocycles. The van der Waals surface area contributed by atoms with Crippen molar-refractivity contribution in [3.8, 4) is 0 Å². The minimum absolute atomic E-state index is 0.0540. The van der Waals surface area contributed by atoms with Gasteiger partial charge in [0.15, 0.2) is 0 Å². The number of hydrogen-bond donors (Lipinski definition) is 0. The molecule has 0 atom stereocenters. The number of alkyl halides is 1. The number of carbonyl (C=O) groups excluding carboxylic acids is 1. The molecule has 1 saturated heterocycles. The van der Waals surface area contributed by atoms with Crippen LogP contribution in [0.1, 0.15) is 10.4 Å². The largest absolute Gasteiger partial charge is 0.364 e. The van der Waals surface area contributed by atoms with Crippen LogP contribution in [0.25, 0.3) is 0 Å². The van der Waals surface area contributed by atoms with E-state index in [-0.39, 0.29) is 23.7 Å². The van der Waals surface area contributed by atoms with Gasteiger partial charge in [-0.1, -0.05) is 33.6 Å². The highest BCUT2D eigenvalue weighted by atomic mass is 79.9. The first-order valence-electron chi connectivity index (χ1n) is 7.29. The highest BCUT2D eigenvalue weighted by molar-refractivity contribution is 9.10. The second-order valence-corrected chi connectivity index (χ2v) is 6.92. The minimum Gasteiger partial charge on any atom is -0.364 e. The van der Waals surface area contributed by atoms with E-state index in [1.165, 1.54) is 23.1 Å². The number of nitrogens with zero attached hydrogens (tertiary/aromatic N) is 2. The molecule has 1 fully saturated rings. The first kappa shape index (κ1) is 17.2. The van der Waals surface area contributed by atoms with E-state index in [1.54, 1.807) is 19.2 Å². The Kier molecular flexibility index (Phi) is 4.78. The molecule has 0 radical (unpaired) electrons. The molecule has 2 aromatic rings. The molecule has 1 aliphatic rings. The fourth-order valence-electron chi connectivity index (χ4n) is 2.63. The van der Waals surface area contributed by atoms with Gasteiger partial charge in [-0.2, -0.15) is 0 Å². The maximum absolute atomic E-state index is 14.0. The molecule has 3 nitrogen and oxygen atoms in total. The van der Waals surface area contributed by atoms with Crippen molar-refractivity contribution in [2.75, 3.05) is 29.9 Å². The van der Waals surface area contributed by atoms with Gasteiger partial charge < -0.3 is 9.80 Å². The Morgan fingerprint density at radius 1 is 1.33 bits per heavy atom. The highest BCUT2D eigenvalue weighted by Crippen LogP contribution is 2.36. The van der Waals surface area contributed by atoms with Crippen molar-refractivity contribution in [1.82, 2.24) is 0 Å². The van der Waals surface area contributed by atoms with Gasteiger partial charge in [0.25, 0.3) is 5.91 Å². The molecule has 0 aromatic heterocycles. The summed E-state index contributed by atoms with van der Waals surface area (Å²) < 4.78 is 28.1. The fraction of sp³-hybridized carbons (Fsp3) is 0.235. The van der Waals surface area contributed by atoms with Crippen LogP contribution in [0.2, 0.25) is 5.02 Å². The summed E-state index contributed by atoms with van der Waals surface area (Å²) in [5.41, 5.74) is 1.10. The first-order chi connectivity index (χ1) is 11.4. The van der Waals surface area contributed by atoms with Gasteiger partial charge in [-0.05, 0) is 30.3 Å². The molecule has 0 bridgehead atoms. The van der Waals surface area contributed by atoms with Gasteiger partial charge in [0, 0.05) is 11.5 Å². The average Bonchev–Trinajstić information content (AvgIpc) is 2.51. The molecule has 7 heteroatoms. The summed E-state index contributed by atoms with van der Waals surface area (Å²) in [6, 6.07) is 9.43. The van der Waals surface area contributed by atoms with Crippen LogP contribution in [0.3, 0.4) is 0 Å². The number of benzene rings is 2. The van der Waals surface area contributed by atoms with E-state index in [4.69, 9.17) is 11.6 Å². The first-order valence-corrected chi connectivity index (χ1v) is 8.46. The maximum atomic E-state index is 14.0. The number of halogens is 4. The number of hydrogen-bond acceptors (Lipinski definition) is 2. The summed E-state index contributed by atoms with van der Waals surface area (Å²) in [5.74, 6) is -1.23. The molecule has 1 amide bonds. The lowest BCUT2D eigenvalue weighted by Gasteiger charge is -2.38. The topological polar surface area (TPSA) is 23.6 Å². The molecule has 24 heavy (non-hydrogen) atoms. The third-order valence-corrected chi connectivity index (χ3v) is 4.77. The summed E-state index contributed by atoms with van der Waals surface area (Å²) in [5, 5.41) is 0.0540. The lowest BCUT2D eigenvalue weighted by Crippen LogP contribution is -2.49. The van der Waals surface area contributed by atoms with E-state index in [9.17, 15) is 13.6 Å². The van der Waals surface area contributed by atoms with Crippen molar-refractivity contribution in [2.24, 2.45) is 0 Å². The van der Waals surface area contributed by atoms with Crippen molar-refractivity contribution < 1.29 is 13.6 Å². The summed E-state index contributed by atoms with van der Waals surface area (Å²) in [4.78, 5) is 15.9. The number of amides is 1. The van der Waals surface area contributed by atoms with Gasteiger partial charge in [0.2, 0.25) is 0 Å². The van der Waals surface area contributed by atoms with Gasteiger partial charge in [-0.25, -0.2) is 8.78 Å². The Labute approximate surface area is 151 Å². The second-order valence-electron chi connectivity index (χ2n) is 5.60. The van der Waals surface area contributed by atoms with Crippen LogP contribution in [0, 0.1) is 5.82 Å². The zero-order chi connectivity index (χ0) is 17.4. The monoisotopic (exact) mass is 414 g/mol. The van der Waals surface area contributed by atoms with E-state index in [2.05, 4.69) is 15.9 Å². The van der Waals surface area contributed by atoms with Gasteiger partial charge in [0.1, 0.15) is 12.0 Å². The maximum Gasteiger partial charge on any atom is 0.262 e. The second kappa shape index (κ2) is 6.69. The Bertz CT molecular complexity index is 776. The smallest absolute Gasteiger partial charge is 0.262 e. The third-order valence-electron chi connectivity index (χ3n) is 3.96. The molecule has 0 spiro atoms. The molecule has 126 valence electrons. The van der Waals surface area contributed by atoms with E-state index in [0.29, 0.717) is 11.4 Å². The molecule has 0 saturated carbocycles. The van der Waals surface area contributed by atoms with E-state index >= 15 is 0 Å². The zero-order valence-corrected chi connectivity index (χ0v) is 15.1. The van der Waals surface area contributed by atoms with Crippen LogP contribution < -0.4 is 9.80 Å². The van der Waals surface area contributed by atoms with Gasteiger partial charge in [0.05, 0.1) is 35.1 Å². The van der Waals surface area contributed by atoms with Crippen LogP contribution in [-0.2, 0) is 0 Å². The number of rotatable bonds is 3. The van der Waals surface area contributed by atoms with E-state index in [1.807, 2.05) is 11.0 Å². The molecule has 3 rings (SSSR count). The van der Waals surface area contributed by atoms with Crippen molar-refractivity contribution in [3.05, 3.63) is 57.3 Å². The van der Waals surface area contributed by atoms with Crippen LogP contribution in [0.15, 0.2) is 40.9 Å². The van der Waals surface area contributed by atoms with E-state index < -0.39 is 17.9 Å². The summed E-state index contributed by atoms with van der Waals surface area (Å²) in [6.45, 7) is 0.540. The van der Waals surface area contributed by atoms with Gasteiger partial charge in [-0.3, -0.25) is 4.79 Å². The normalized spacial score (nSPS) is 14.5. The Hall–Kier alpha value is -1.66. The molecule has 0 unspecified atom stereocenters. The fourth-order valence-corrected chi connectivity index (χ4v) is 3.23. The quantitative estimate of drug-likeness (QED) is 0.727. The number of anilines is 2. The van der Waals surface area contributed by atoms with Crippen molar-refractivity contribution in [3.63, 3.8) is 0 Å². The number of carbonyl (C=O) groups is 1. The third kappa shape index (κ3) is 3.13. The minimum atomic E-state index is -0.876. The SMILES string of the molecule is CN(C(=O)c1c(F)cccc1Cl)c1ccc(Br)cc1N1CC(F)C1.